The van der Waals surface area contributed by atoms with Crippen LogP contribution in [0.25, 0.3) is 0 Å². The molecule has 16 heavy (non-hydrogen) atoms. The van der Waals surface area contributed by atoms with Crippen LogP contribution >= 0.6 is 27.7 Å². The summed E-state index contributed by atoms with van der Waals surface area (Å²) in [6.07, 6.45) is 3.11. The zero-order chi connectivity index (χ0) is 11.7. The second-order valence-electron chi connectivity index (χ2n) is 3.98. The number of rotatable bonds is 2. The number of nitrogens with two attached hydrogens (primary N) is 1. The van der Waals surface area contributed by atoms with Crippen molar-refractivity contribution < 1.29 is 4.74 Å². The SMILES string of the molecule is Cc1c(N)cnc(SC2CCOC2C)c1Br. The predicted molar refractivity (Wildman–Crippen MR) is 70.8 cm³/mol. The highest BCUT2D eigenvalue weighted by molar-refractivity contribution is 9.10. The van der Waals surface area contributed by atoms with Crippen molar-refractivity contribution in [1.29, 1.82) is 0 Å². The molecule has 2 unspecified atom stereocenters. The molecule has 2 heterocycles. The minimum Gasteiger partial charge on any atom is -0.397 e. The molecule has 0 amide bonds. The lowest BCUT2D eigenvalue weighted by molar-refractivity contribution is 0.127. The maximum absolute atomic E-state index is 5.80. The lowest BCUT2D eigenvalue weighted by Crippen LogP contribution is -2.13. The molecule has 5 heteroatoms. The van der Waals surface area contributed by atoms with Crippen molar-refractivity contribution in [1.82, 2.24) is 4.98 Å². The predicted octanol–water partition coefficient (Wildman–Crippen LogP) is 3.00. The van der Waals surface area contributed by atoms with E-state index in [2.05, 4.69) is 27.8 Å². The van der Waals surface area contributed by atoms with E-state index in [0.29, 0.717) is 11.4 Å². The van der Waals surface area contributed by atoms with Gasteiger partial charge in [0.15, 0.2) is 0 Å². The summed E-state index contributed by atoms with van der Waals surface area (Å²) in [5, 5.41) is 1.50. The van der Waals surface area contributed by atoms with Gasteiger partial charge in [0.1, 0.15) is 5.03 Å². The Labute approximate surface area is 108 Å². The fourth-order valence-corrected chi connectivity index (χ4v) is 3.41. The third-order valence-electron chi connectivity index (χ3n) is 2.84. The van der Waals surface area contributed by atoms with Gasteiger partial charge in [-0.2, -0.15) is 0 Å². The van der Waals surface area contributed by atoms with Gasteiger partial charge >= 0.3 is 0 Å². The van der Waals surface area contributed by atoms with Crippen molar-refractivity contribution in [2.24, 2.45) is 0 Å². The van der Waals surface area contributed by atoms with Crippen LogP contribution in [0.5, 0.6) is 0 Å². The maximum Gasteiger partial charge on any atom is 0.111 e. The van der Waals surface area contributed by atoms with Crippen LogP contribution in [-0.2, 0) is 4.74 Å². The van der Waals surface area contributed by atoms with Gasteiger partial charge in [-0.15, -0.1) is 0 Å². The Balaban J connectivity index is 2.18. The molecular formula is C11H15BrN2OS. The number of hydrogen-bond donors (Lipinski definition) is 1. The number of anilines is 1. The van der Waals surface area contributed by atoms with Crippen LogP contribution in [0.4, 0.5) is 5.69 Å². The van der Waals surface area contributed by atoms with Crippen LogP contribution in [-0.4, -0.2) is 22.9 Å². The van der Waals surface area contributed by atoms with Gasteiger partial charge in [0, 0.05) is 11.9 Å². The zero-order valence-corrected chi connectivity index (χ0v) is 11.8. The van der Waals surface area contributed by atoms with Gasteiger partial charge < -0.3 is 10.5 Å². The molecule has 1 aromatic rings. The molecule has 1 fully saturated rings. The van der Waals surface area contributed by atoms with E-state index in [-0.39, 0.29) is 0 Å². The van der Waals surface area contributed by atoms with Crippen molar-refractivity contribution in [3.05, 3.63) is 16.2 Å². The maximum atomic E-state index is 5.80. The standard InChI is InChI=1S/C11H15BrN2OS/c1-6-8(13)5-14-11(10(6)12)16-9-3-4-15-7(9)2/h5,7,9H,3-4,13H2,1-2H3. The number of hydrogen-bond acceptors (Lipinski definition) is 4. The summed E-state index contributed by atoms with van der Waals surface area (Å²) in [5.41, 5.74) is 7.59. The average molecular weight is 303 g/mol. The first-order valence-corrected chi connectivity index (χ1v) is 6.95. The summed E-state index contributed by atoms with van der Waals surface area (Å²) in [5.74, 6) is 0. The molecule has 3 nitrogen and oxygen atoms in total. The Morgan fingerprint density at radius 2 is 2.38 bits per heavy atom. The normalized spacial score (nSPS) is 24.9. The van der Waals surface area contributed by atoms with Crippen molar-refractivity contribution >= 4 is 33.4 Å². The highest BCUT2D eigenvalue weighted by Gasteiger charge is 2.26. The van der Waals surface area contributed by atoms with Gasteiger partial charge in [0.05, 0.1) is 22.5 Å². The molecule has 0 radical (unpaired) electrons. The average Bonchev–Trinajstić information content (AvgIpc) is 2.65. The fraction of sp³-hybridized carbons (Fsp3) is 0.545. The molecule has 0 bridgehead atoms. The Morgan fingerprint density at radius 1 is 1.62 bits per heavy atom. The Kier molecular flexibility index (Phi) is 3.77. The number of nitrogen functional groups attached to an aromatic ring is 1. The highest BCUT2D eigenvalue weighted by atomic mass is 79.9. The summed E-state index contributed by atoms with van der Waals surface area (Å²) < 4.78 is 6.55. The molecule has 0 saturated carbocycles. The summed E-state index contributed by atoms with van der Waals surface area (Å²) in [7, 11) is 0. The second kappa shape index (κ2) is 4.94. The third kappa shape index (κ3) is 2.36. The van der Waals surface area contributed by atoms with Gasteiger partial charge in [-0.3, -0.25) is 0 Å². The highest BCUT2D eigenvalue weighted by Crippen LogP contribution is 2.37. The van der Waals surface area contributed by atoms with E-state index < -0.39 is 0 Å². The van der Waals surface area contributed by atoms with Crippen LogP contribution in [0.3, 0.4) is 0 Å². The Hall–Kier alpha value is -0.260. The monoisotopic (exact) mass is 302 g/mol. The molecule has 1 aliphatic heterocycles. The van der Waals surface area contributed by atoms with E-state index in [9.17, 15) is 0 Å². The smallest absolute Gasteiger partial charge is 0.111 e. The first-order valence-electron chi connectivity index (χ1n) is 5.28. The van der Waals surface area contributed by atoms with Crippen LogP contribution in [0.1, 0.15) is 18.9 Å². The minimum absolute atomic E-state index is 0.302. The molecule has 0 aromatic carbocycles. The molecule has 2 rings (SSSR count). The quantitative estimate of drug-likeness (QED) is 0.912. The van der Waals surface area contributed by atoms with Crippen LogP contribution in [0.15, 0.2) is 15.7 Å². The number of nitrogens with zero attached hydrogens (tertiary/aromatic N) is 1. The van der Waals surface area contributed by atoms with Gasteiger partial charge in [-0.1, -0.05) is 11.8 Å². The number of thioether (sulfide) groups is 1. The van der Waals surface area contributed by atoms with Gasteiger partial charge in [0.25, 0.3) is 0 Å². The van der Waals surface area contributed by atoms with Crippen molar-refractivity contribution in [2.75, 3.05) is 12.3 Å². The molecule has 1 aliphatic rings. The lowest BCUT2D eigenvalue weighted by Gasteiger charge is -2.15. The largest absolute Gasteiger partial charge is 0.397 e. The summed E-state index contributed by atoms with van der Waals surface area (Å²) in [4.78, 5) is 4.37. The van der Waals surface area contributed by atoms with E-state index >= 15 is 0 Å². The summed E-state index contributed by atoms with van der Waals surface area (Å²) >= 11 is 5.32. The fourth-order valence-electron chi connectivity index (χ4n) is 1.66. The van der Waals surface area contributed by atoms with Crippen LogP contribution < -0.4 is 5.73 Å². The van der Waals surface area contributed by atoms with E-state index in [1.165, 1.54) is 0 Å². The molecular weight excluding hydrogens is 288 g/mol. The second-order valence-corrected chi connectivity index (χ2v) is 6.00. The van der Waals surface area contributed by atoms with E-state index in [0.717, 1.165) is 33.8 Å². The molecule has 2 atom stereocenters. The van der Waals surface area contributed by atoms with Crippen molar-refractivity contribution in [3.63, 3.8) is 0 Å². The molecule has 1 saturated heterocycles. The molecule has 0 aliphatic carbocycles. The Bertz CT molecular complexity index is 400. The summed E-state index contributed by atoms with van der Waals surface area (Å²) in [6, 6.07) is 0. The first-order chi connectivity index (χ1) is 7.59. The van der Waals surface area contributed by atoms with E-state index in [4.69, 9.17) is 10.5 Å². The molecule has 0 spiro atoms. The first kappa shape index (κ1) is 12.2. The molecule has 1 aromatic heterocycles. The van der Waals surface area contributed by atoms with Gasteiger partial charge in [-0.05, 0) is 41.8 Å². The summed E-state index contributed by atoms with van der Waals surface area (Å²) in [6.45, 7) is 4.97. The number of halogens is 1. The molecule has 88 valence electrons. The minimum atomic E-state index is 0.302. The topological polar surface area (TPSA) is 48.1 Å². The van der Waals surface area contributed by atoms with Crippen molar-refractivity contribution in [2.45, 2.75) is 36.6 Å². The van der Waals surface area contributed by atoms with Crippen LogP contribution in [0, 0.1) is 6.92 Å². The van der Waals surface area contributed by atoms with Crippen molar-refractivity contribution in [3.8, 4) is 0 Å². The number of pyridine rings is 1. The lowest BCUT2D eigenvalue weighted by atomic mass is 10.2. The number of aromatic nitrogens is 1. The molecule has 2 N–H and O–H groups in total. The van der Waals surface area contributed by atoms with Gasteiger partial charge in [0.2, 0.25) is 0 Å². The Morgan fingerprint density at radius 3 is 3.00 bits per heavy atom. The van der Waals surface area contributed by atoms with Crippen LogP contribution in [0.2, 0.25) is 0 Å². The van der Waals surface area contributed by atoms with E-state index in [1.54, 1.807) is 18.0 Å². The van der Waals surface area contributed by atoms with E-state index in [1.807, 2.05) is 6.92 Å². The third-order valence-corrected chi connectivity index (χ3v) is 5.53. The van der Waals surface area contributed by atoms with Gasteiger partial charge in [-0.25, -0.2) is 4.98 Å². The number of ether oxygens (including phenoxy) is 1. The zero-order valence-electron chi connectivity index (χ0n) is 9.37.